The van der Waals surface area contributed by atoms with Gasteiger partial charge in [0.2, 0.25) is 17.7 Å². The van der Waals surface area contributed by atoms with Crippen molar-refractivity contribution in [2.45, 2.75) is 56.3 Å². The number of thiol groups is 1. The van der Waals surface area contributed by atoms with Gasteiger partial charge in [0.15, 0.2) is 0 Å². The van der Waals surface area contributed by atoms with Gasteiger partial charge in [0.1, 0.15) is 23.9 Å². The number of phenolic OH excluding ortho intramolecular Hbond substituents is 1. The number of carboxylic acid groups (broad SMARTS) is 2. The van der Waals surface area contributed by atoms with Crippen LogP contribution in [0.5, 0.6) is 5.75 Å². The lowest BCUT2D eigenvalue weighted by Crippen LogP contribution is -2.57. The monoisotopic (exact) mass is 510 g/mol. The molecule has 0 aliphatic carbocycles. The minimum atomic E-state index is -1.30. The predicted molar refractivity (Wildman–Crippen MR) is 127 cm³/mol. The standard InChI is InChI=1S/C22H30N4O8S/c23-14(10-12-3-5-13(27)6-4-12)19(30)24-15(7-8-18(28)29)20(31)25-16(11-35)21(32)26-9-1-2-17(26)22(33)34/h3-6,14-17,27,35H,1-2,7-11,23H2,(H,24,30)(H,25,31)(H,28,29)(H,33,34). The highest BCUT2D eigenvalue weighted by Gasteiger charge is 2.38. The number of carboxylic acids is 2. The molecule has 4 unspecified atom stereocenters. The van der Waals surface area contributed by atoms with Crippen molar-refractivity contribution in [2.24, 2.45) is 5.73 Å². The Bertz CT molecular complexity index is 942. The molecule has 1 fully saturated rings. The van der Waals surface area contributed by atoms with Gasteiger partial charge < -0.3 is 36.6 Å². The van der Waals surface area contributed by atoms with Crippen molar-refractivity contribution in [1.29, 1.82) is 0 Å². The third-order valence-corrected chi connectivity index (χ3v) is 5.99. The summed E-state index contributed by atoms with van der Waals surface area (Å²) >= 11 is 4.09. The van der Waals surface area contributed by atoms with Gasteiger partial charge in [0, 0.05) is 18.7 Å². The molecule has 192 valence electrons. The third-order valence-electron chi connectivity index (χ3n) is 5.63. The molecule has 1 aliphatic heterocycles. The molecule has 1 heterocycles. The molecule has 1 aliphatic rings. The second kappa shape index (κ2) is 13.0. The van der Waals surface area contributed by atoms with Crippen LogP contribution in [0.25, 0.3) is 0 Å². The Hall–Kier alpha value is -3.32. The van der Waals surface area contributed by atoms with E-state index in [4.69, 9.17) is 10.8 Å². The molecule has 0 saturated carbocycles. The van der Waals surface area contributed by atoms with Crippen molar-refractivity contribution in [3.63, 3.8) is 0 Å². The maximum Gasteiger partial charge on any atom is 0.326 e. The summed E-state index contributed by atoms with van der Waals surface area (Å²) < 4.78 is 0. The van der Waals surface area contributed by atoms with Crippen molar-refractivity contribution in [2.75, 3.05) is 12.3 Å². The molecule has 1 aromatic carbocycles. The van der Waals surface area contributed by atoms with Gasteiger partial charge in [-0.25, -0.2) is 4.79 Å². The number of nitrogens with zero attached hydrogens (tertiary/aromatic N) is 1. The van der Waals surface area contributed by atoms with Crippen LogP contribution in [0, 0.1) is 0 Å². The second-order valence-corrected chi connectivity index (χ2v) is 8.61. The Kier molecular flexibility index (Phi) is 10.3. The van der Waals surface area contributed by atoms with E-state index in [9.17, 15) is 34.2 Å². The SMILES string of the molecule is NC(Cc1ccc(O)cc1)C(=O)NC(CCC(=O)O)C(=O)NC(CS)C(=O)N1CCCC1C(=O)O. The smallest absolute Gasteiger partial charge is 0.326 e. The van der Waals surface area contributed by atoms with Crippen LogP contribution in [-0.2, 0) is 30.4 Å². The maximum atomic E-state index is 12.9. The summed E-state index contributed by atoms with van der Waals surface area (Å²) in [4.78, 5) is 62.0. The summed E-state index contributed by atoms with van der Waals surface area (Å²) in [7, 11) is 0. The molecule has 1 saturated heterocycles. The van der Waals surface area contributed by atoms with Gasteiger partial charge >= 0.3 is 11.9 Å². The Balaban J connectivity index is 2.07. The van der Waals surface area contributed by atoms with Crippen LogP contribution in [0.15, 0.2) is 24.3 Å². The van der Waals surface area contributed by atoms with Gasteiger partial charge in [0.25, 0.3) is 0 Å². The topological polar surface area (TPSA) is 199 Å². The first-order valence-corrected chi connectivity index (χ1v) is 11.7. The number of nitrogens with two attached hydrogens (primary N) is 1. The average Bonchev–Trinajstić information content (AvgIpc) is 3.31. The number of hydrogen-bond donors (Lipinski definition) is 7. The van der Waals surface area contributed by atoms with Crippen molar-refractivity contribution >= 4 is 42.3 Å². The zero-order valence-electron chi connectivity index (χ0n) is 18.9. The number of aromatic hydroxyl groups is 1. The number of nitrogens with one attached hydrogen (secondary N) is 2. The number of amides is 3. The second-order valence-electron chi connectivity index (χ2n) is 8.24. The van der Waals surface area contributed by atoms with Crippen LogP contribution in [0.1, 0.15) is 31.2 Å². The minimum absolute atomic E-state index is 0.0501. The molecule has 0 radical (unpaired) electrons. The predicted octanol–water partition coefficient (Wildman–Crippen LogP) is -0.898. The fourth-order valence-corrected chi connectivity index (χ4v) is 3.99. The minimum Gasteiger partial charge on any atom is -0.508 e. The van der Waals surface area contributed by atoms with Crippen LogP contribution in [0.4, 0.5) is 0 Å². The summed E-state index contributed by atoms with van der Waals surface area (Å²) in [5, 5.41) is 32.6. The highest BCUT2D eigenvalue weighted by Crippen LogP contribution is 2.19. The Morgan fingerprint density at radius 1 is 1.06 bits per heavy atom. The fraction of sp³-hybridized carbons (Fsp3) is 0.500. The Morgan fingerprint density at radius 2 is 1.69 bits per heavy atom. The van der Waals surface area contributed by atoms with Crippen LogP contribution in [-0.4, -0.2) is 86.3 Å². The molecular weight excluding hydrogens is 480 g/mol. The summed E-state index contributed by atoms with van der Waals surface area (Å²) in [5.74, 6) is -4.55. The molecule has 2 rings (SSSR count). The molecule has 0 aromatic heterocycles. The average molecular weight is 511 g/mol. The highest BCUT2D eigenvalue weighted by molar-refractivity contribution is 7.80. The molecule has 12 nitrogen and oxygen atoms in total. The van der Waals surface area contributed by atoms with E-state index >= 15 is 0 Å². The number of carbonyl (C=O) groups excluding carboxylic acids is 3. The summed E-state index contributed by atoms with van der Waals surface area (Å²) in [5.41, 5.74) is 6.61. The molecule has 0 bridgehead atoms. The quantitative estimate of drug-likeness (QED) is 0.174. The van der Waals surface area contributed by atoms with E-state index in [2.05, 4.69) is 23.3 Å². The Morgan fingerprint density at radius 3 is 2.26 bits per heavy atom. The lowest BCUT2D eigenvalue weighted by atomic mass is 10.0. The maximum absolute atomic E-state index is 12.9. The molecule has 4 atom stereocenters. The van der Waals surface area contributed by atoms with E-state index in [1.54, 1.807) is 12.1 Å². The van der Waals surface area contributed by atoms with Gasteiger partial charge in [0.05, 0.1) is 6.04 Å². The molecule has 1 aromatic rings. The first kappa shape index (κ1) is 27.9. The van der Waals surface area contributed by atoms with Crippen LogP contribution in [0.3, 0.4) is 0 Å². The molecular formula is C22H30N4O8S. The van der Waals surface area contributed by atoms with Crippen molar-refractivity contribution in [1.82, 2.24) is 15.5 Å². The summed E-state index contributed by atoms with van der Waals surface area (Å²) in [6.45, 7) is 0.223. The lowest BCUT2D eigenvalue weighted by molar-refractivity contribution is -0.149. The van der Waals surface area contributed by atoms with Gasteiger partial charge in [-0.1, -0.05) is 12.1 Å². The molecule has 13 heteroatoms. The first-order chi connectivity index (χ1) is 16.5. The van der Waals surface area contributed by atoms with E-state index in [0.717, 1.165) is 0 Å². The van der Waals surface area contributed by atoms with Crippen molar-refractivity contribution in [3.8, 4) is 5.75 Å². The number of rotatable bonds is 12. The van der Waals surface area contributed by atoms with Crippen molar-refractivity contribution in [3.05, 3.63) is 29.8 Å². The molecule has 7 N–H and O–H groups in total. The summed E-state index contributed by atoms with van der Waals surface area (Å²) in [6, 6.07) is 1.52. The van der Waals surface area contributed by atoms with E-state index in [1.807, 2.05) is 0 Å². The van der Waals surface area contributed by atoms with E-state index in [0.29, 0.717) is 18.4 Å². The van der Waals surface area contributed by atoms with E-state index in [1.165, 1.54) is 17.0 Å². The van der Waals surface area contributed by atoms with Gasteiger partial charge in [-0.05, 0) is 43.4 Å². The van der Waals surface area contributed by atoms with E-state index < -0.39 is 60.2 Å². The number of benzene rings is 1. The number of phenols is 1. The number of carbonyl (C=O) groups is 5. The highest BCUT2D eigenvalue weighted by atomic mass is 32.1. The zero-order chi connectivity index (χ0) is 26.1. The van der Waals surface area contributed by atoms with Gasteiger partial charge in [-0.2, -0.15) is 12.6 Å². The lowest BCUT2D eigenvalue weighted by Gasteiger charge is -2.28. The number of aliphatic carboxylic acids is 2. The zero-order valence-corrected chi connectivity index (χ0v) is 19.8. The molecule has 3 amide bonds. The van der Waals surface area contributed by atoms with Gasteiger partial charge in [-0.15, -0.1) is 0 Å². The van der Waals surface area contributed by atoms with Crippen LogP contribution < -0.4 is 16.4 Å². The van der Waals surface area contributed by atoms with Crippen LogP contribution >= 0.6 is 12.6 Å². The van der Waals surface area contributed by atoms with Crippen molar-refractivity contribution < 1.29 is 39.3 Å². The normalized spacial score (nSPS) is 17.8. The Labute approximate surface area is 207 Å². The van der Waals surface area contributed by atoms with E-state index in [-0.39, 0.29) is 30.9 Å². The summed E-state index contributed by atoms with van der Waals surface area (Å²) in [6.07, 6.45) is 0.214. The third kappa shape index (κ3) is 8.14. The fourth-order valence-electron chi connectivity index (χ4n) is 3.74. The molecule has 35 heavy (non-hydrogen) atoms. The largest absolute Gasteiger partial charge is 0.508 e. The van der Waals surface area contributed by atoms with Gasteiger partial charge in [-0.3, -0.25) is 19.2 Å². The van der Waals surface area contributed by atoms with Crippen LogP contribution in [0.2, 0.25) is 0 Å². The number of likely N-dealkylation sites (tertiary alicyclic amines) is 1. The first-order valence-electron chi connectivity index (χ1n) is 11.0. The number of hydrogen-bond acceptors (Lipinski definition) is 8. The molecule has 0 spiro atoms.